The van der Waals surface area contributed by atoms with Gasteiger partial charge in [0, 0.05) is 20.2 Å². The summed E-state index contributed by atoms with van der Waals surface area (Å²) in [5, 5.41) is 0. The fourth-order valence-electron chi connectivity index (χ4n) is 2.45. The number of nitrogens with two attached hydrogens (primary N) is 1. The van der Waals surface area contributed by atoms with E-state index in [2.05, 4.69) is 20.8 Å². The van der Waals surface area contributed by atoms with Crippen molar-refractivity contribution in [3.05, 3.63) is 0 Å². The van der Waals surface area contributed by atoms with Crippen molar-refractivity contribution in [2.45, 2.75) is 39.7 Å². The molecule has 1 rings (SSSR count). The summed E-state index contributed by atoms with van der Waals surface area (Å²) in [6, 6.07) is -0.508. The van der Waals surface area contributed by atoms with E-state index in [0.29, 0.717) is 17.9 Å². The largest absolute Gasteiger partial charge is 0.383 e. The molecule has 1 aliphatic heterocycles. The van der Waals surface area contributed by atoms with Gasteiger partial charge in [0.25, 0.3) is 0 Å². The highest BCUT2D eigenvalue weighted by Gasteiger charge is 2.31. The highest BCUT2D eigenvalue weighted by atomic mass is 16.5. The molecule has 1 aliphatic rings. The summed E-state index contributed by atoms with van der Waals surface area (Å²) >= 11 is 0. The molecule has 1 heterocycles. The molecule has 4 heteroatoms. The number of carbonyl (C=O) groups is 1. The van der Waals surface area contributed by atoms with Gasteiger partial charge >= 0.3 is 0 Å². The van der Waals surface area contributed by atoms with E-state index in [-0.39, 0.29) is 5.91 Å². The second kappa shape index (κ2) is 5.83. The fourth-order valence-corrected chi connectivity index (χ4v) is 2.45. The van der Waals surface area contributed by atoms with Crippen molar-refractivity contribution < 1.29 is 9.53 Å². The Morgan fingerprint density at radius 3 is 2.35 bits per heavy atom. The van der Waals surface area contributed by atoms with Gasteiger partial charge in [0.1, 0.15) is 6.04 Å². The number of carbonyl (C=O) groups excluding carboxylic acids is 1. The average Bonchev–Trinajstić information content (AvgIpc) is 2.27. The molecule has 4 nitrogen and oxygen atoms in total. The maximum atomic E-state index is 12.0. The molecule has 2 N–H and O–H groups in total. The third-order valence-corrected chi connectivity index (χ3v) is 3.69. The summed E-state index contributed by atoms with van der Waals surface area (Å²) in [4.78, 5) is 13.8. The average molecular weight is 242 g/mol. The van der Waals surface area contributed by atoms with Gasteiger partial charge in [-0.2, -0.15) is 0 Å². The molecule has 1 saturated heterocycles. The summed E-state index contributed by atoms with van der Waals surface area (Å²) in [5.74, 6) is 0.726. The summed E-state index contributed by atoms with van der Waals surface area (Å²) in [6.07, 6.45) is 2.16. The van der Waals surface area contributed by atoms with Crippen LogP contribution in [-0.4, -0.2) is 43.7 Å². The summed E-state index contributed by atoms with van der Waals surface area (Å²) < 4.78 is 4.92. The Morgan fingerprint density at radius 1 is 1.41 bits per heavy atom. The Morgan fingerprint density at radius 2 is 1.94 bits per heavy atom. The second-order valence-corrected chi connectivity index (χ2v) is 6.03. The molecule has 17 heavy (non-hydrogen) atoms. The van der Waals surface area contributed by atoms with Crippen molar-refractivity contribution in [1.29, 1.82) is 0 Å². The molecule has 0 radical (unpaired) electrons. The van der Waals surface area contributed by atoms with Gasteiger partial charge in [-0.05, 0) is 24.2 Å². The van der Waals surface area contributed by atoms with Crippen LogP contribution in [0.2, 0.25) is 0 Å². The maximum absolute atomic E-state index is 12.0. The Kier molecular flexibility index (Phi) is 4.95. The molecule has 1 atom stereocenters. The minimum Gasteiger partial charge on any atom is -0.383 e. The lowest BCUT2D eigenvalue weighted by Gasteiger charge is -2.39. The Labute approximate surface area is 104 Å². The van der Waals surface area contributed by atoms with Crippen LogP contribution in [0.3, 0.4) is 0 Å². The molecular weight excluding hydrogens is 216 g/mol. The van der Waals surface area contributed by atoms with Crippen LogP contribution in [-0.2, 0) is 9.53 Å². The van der Waals surface area contributed by atoms with Crippen molar-refractivity contribution in [3.8, 4) is 0 Å². The number of nitrogens with zero attached hydrogens (tertiary/aromatic N) is 1. The van der Waals surface area contributed by atoms with Crippen LogP contribution in [0.5, 0.6) is 0 Å². The molecular formula is C13H26N2O2. The van der Waals surface area contributed by atoms with Crippen LogP contribution < -0.4 is 5.73 Å². The second-order valence-electron chi connectivity index (χ2n) is 6.03. The van der Waals surface area contributed by atoms with Gasteiger partial charge in [-0.3, -0.25) is 4.79 Å². The number of hydrogen-bond donors (Lipinski definition) is 1. The fraction of sp³-hybridized carbons (Fsp3) is 0.923. The topological polar surface area (TPSA) is 55.6 Å². The van der Waals surface area contributed by atoms with Gasteiger partial charge in [0.2, 0.25) is 5.91 Å². The molecule has 1 unspecified atom stereocenters. The van der Waals surface area contributed by atoms with Crippen molar-refractivity contribution in [2.75, 3.05) is 26.8 Å². The first-order valence-corrected chi connectivity index (χ1v) is 6.39. The van der Waals surface area contributed by atoms with Gasteiger partial charge in [0.15, 0.2) is 0 Å². The van der Waals surface area contributed by atoms with E-state index in [4.69, 9.17) is 10.5 Å². The number of likely N-dealkylation sites (tertiary alicyclic amines) is 1. The van der Waals surface area contributed by atoms with Crippen molar-refractivity contribution in [3.63, 3.8) is 0 Å². The normalized spacial score (nSPS) is 20.4. The lowest BCUT2D eigenvalue weighted by molar-refractivity contribution is -0.135. The molecule has 1 fully saturated rings. The molecule has 0 saturated carbocycles. The van der Waals surface area contributed by atoms with E-state index in [1.165, 1.54) is 0 Å². The Hall–Kier alpha value is -0.610. The summed E-state index contributed by atoms with van der Waals surface area (Å²) in [7, 11) is 1.57. The summed E-state index contributed by atoms with van der Waals surface area (Å²) in [5.41, 5.74) is 6.10. The Bertz CT molecular complexity index is 253. The lowest BCUT2D eigenvalue weighted by Crippen LogP contribution is -2.49. The molecule has 1 amide bonds. The third kappa shape index (κ3) is 3.96. The van der Waals surface area contributed by atoms with Gasteiger partial charge in [-0.1, -0.05) is 20.8 Å². The molecule has 0 spiro atoms. The molecule has 0 aliphatic carbocycles. The number of piperidine rings is 1. The van der Waals surface area contributed by atoms with Crippen LogP contribution >= 0.6 is 0 Å². The van der Waals surface area contributed by atoms with Crippen LogP contribution in [0.15, 0.2) is 0 Å². The molecule has 0 bridgehead atoms. The zero-order valence-electron chi connectivity index (χ0n) is 11.5. The molecule has 0 aromatic carbocycles. The van der Waals surface area contributed by atoms with Crippen LogP contribution in [0, 0.1) is 11.3 Å². The van der Waals surface area contributed by atoms with E-state index >= 15 is 0 Å². The number of rotatable bonds is 3. The smallest absolute Gasteiger partial charge is 0.241 e. The van der Waals surface area contributed by atoms with Crippen molar-refractivity contribution in [2.24, 2.45) is 17.1 Å². The zero-order valence-corrected chi connectivity index (χ0v) is 11.5. The predicted octanol–water partition coefficient (Wildman–Crippen LogP) is 1.24. The molecule has 0 aromatic heterocycles. The zero-order chi connectivity index (χ0) is 13.1. The SMILES string of the molecule is COCC(N)C(=O)N1CCC(C(C)(C)C)CC1. The quantitative estimate of drug-likeness (QED) is 0.810. The van der Waals surface area contributed by atoms with Crippen LogP contribution in [0.1, 0.15) is 33.6 Å². The molecule has 100 valence electrons. The number of ether oxygens (including phenoxy) is 1. The first-order valence-electron chi connectivity index (χ1n) is 6.39. The Balaban J connectivity index is 2.44. The van der Waals surface area contributed by atoms with E-state index < -0.39 is 6.04 Å². The molecule has 0 aromatic rings. The lowest BCUT2D eigenvalue weighted by atomic mass is 9.75. The summed E-state index contributed by atoms with van der Waals surface area (Å²) in [6.45, 7) is 8.78. The number of methoxy groups -OCH3 is 1. The van der Waals surface area contributed by atoms with Gasteiger partial charge < -0.3 is 15.4 Å². The van der Waals surface area contributed by atoms with Crippen LogP contribution in [0.25, 0.3) is 0 Å². The van der Waals surface area contributed by atoms with Gasteiger partial charge in [-0.25, -0.2) is 0 Å². The first-order chi connectivity index (χ1) is 7.86. The monoisotopic (exact) mass is 242 g/mol. The minimum atomic E-state index is -0.508. The third-order valence-electron chi connectivity index (χ3n) is 3.69. The van der Waals surface area contributed by atoms with Crippen molar-refractivity contribution in [1.82, 2.24) is 4.90 Å². The van der Waals surface area contributed by atoms with E-state index in [1.54, 1.807) is 7.11 Å². The van der Waals surface area contributed by atoms with Gasteiger partial charge in [-0.15, -0.1) is 0 Å². The minimum absolute atomic E-state index is 0.0270. The van der Waals surface area contributed by atoms with Crippen molar-refractivity contribution >= 4 is 5.91 Å². The maximum Gasteiger partial charge on any atom is 0.241 e. The van der Waals surface area contributed by atoms with Crippen LogP contribution in [0.4, 0.5) is 0 Å². The van der Waals surface area contributed by atoms with Gasteiger partial charge in [0.05, 0.1) is 6.61 Å². The van der Waals surface area contributed by atoms with E-state index in [9.17, 15) is 4.79 Å². The number of hydrogen-bond acceptors (Lipinski definition) is 3. The number of amides is 1. The first kappa shape index (κ1) is 14.5. The highest BCUT2D eigenvalue weighted by molar-refractivity contribution is 5.81. The standard InChI is InChI=1S/C13H26N2O2/c1-13(2,3)10-5-7-15(8-6-10)12(16)11(14)9-17-4/h10-11H,5-9,14H2,1-4H3. The highest BCUT2D eigenvalue weighted by Crippen LogP contribution is 2.34. The van der Waals surface area contributed by atoms with E-state index in [1.807, 2.05) is 4.90 Å². The van der Waals surface area contributed by atoms with E-state index in [0.717, 1.165) is 25.9 Å². The predicted molar refractivity (Wildman–Crippen MR) is 68.6 cm³/mol.